The third kappa shape index (κ3) is 3.74. The van der Waals surface area contributed by atoms with Crippen LogP contribution in [0.25, 0.3) is 21.7 Å². The van der Waals surface area contributed by atoms with Crippen molar-refractivity contribution in [1.82, 2.24) is 9.97 Å². The van der Waals surface area contributed by atoms with E-state index in [-0.39, 0.29) is 0 Å². The van der Waals surface area contributed by atoms with Crippen LogP contribution in [-0.2, 0) is 0 Å². The van der Waals surface area contributed by atoms with Crippen LogP contribution in [0.5, 0.6) is 23.0 Å². The van der Waals surface area contributed by atoms with E-state index in [1.807, 2.05) is 66.7 Å². The van der Waals surface area contributed by atoms with Gasteiger partial charge in [-0.25, -0.2) is 4.98 Å². The lowest BCUT2D eigenvalue weighted by Gasteiger charge is -2.13. The highest BCUT2D eigenvalue weighted by Gasteiger charge is 2.12. The average Bonchev–Trinajstić information content (AvgIpc) is 2.84. The Morgan fingerprint density at radius 2 is 1.56 bits per heavy atom. The number of nitrogens with one attached hydrogen (secondary N) is 1. The predicted octanol–water partition coefficient (Wildman–Crippen LogP) is 6.34. The molecule has 0 aliphatic heterocycles. The first kappa shape index (κ1) is 19.6. The summed E-state index contributed by atoms with van der Waals surface area (Å²) >= 11 is 0. The monoisotopic (exact) mass is 423 g/mol. The molecule has 5 rings (SSSR count). The van der Waals surface area contributed by atoms with E-state index in [9.17, 15) is 0 Å². The van der Waals surface area contributed by atoms with Gasteiger partial charge in [-0.05, 0) is 53.9 Å². The number of hydrogen-bond donors (Lipinski definition) is 1. The first-order valence-corrected chi connectivity index (χ1v) is 10.1. The lowest BCUT2D eigenvalue weighted by atomic mass is 10.1. The zero-order chi connectivity index (χ0) is 21.9. The number of methoxy groups -OCH3 is 2. The van der Waals surface area contributed by atoms with Gasteiger partial charge in [0.2, 0.25) is 0 Å². The quantitative estimate of drug-likeness (QED) is 0.344. The molecule has 0 amide bonds. The van der Waals surface area contributed by atoms with Crippen LogP contribution in [0.2, 0.25) is 0 Å². The first-order chi connectivity index (χ1) is 15.7. The van der Waals surface area contributed by atoms with E-state index in [2.05, 4.69) is 21.4 Å². The fourth-order valence-electron chi connectivity index (χ4n) is 3.67. The molecule has 6 nitrogen and oxygen atoms in total. The van der Waals surface area contributed by atoms with E-state index in [0.717, 1.165) is 38.9 Å². The third-order valence-corrected chi connectivity index (χ3v) is 5.21. The van der Waals surface area contributed by atoms with Crippen LogP contribution >= 0.6 is 0 Å². The van der Waals surface area contributed by atoms with Crippen molar-refractivity contribution in [3.8, 4) is 23.0 Å². The molecule has 6 heteroatoms. The second-order valence-corrected chi connectivity index (χ2v) is 7.16. The number of aromatic nitrogens is 2. The van der Waals surface area contributed by atoms with Crippen LogP contribution in [0.3, 0.4) is 0 Å². The minimum atomic E-state index is 0.626. The van der Waals surface area contributed by atoms with Gasteiger partial charge in [0.05, 0.1) is 19.7 Å². The van der Waals surface area contributed by atoms with Gasteiger partial charge in [0.1, 0.15) is 17.3 Å². The molecule has 0 aliphatic carbocycles. The number of nitrogens with zero attached hydrogens (tertiary/aromatic N) is 2. The van der Waals surface area contributed by atoms with Crippen LogP contribution in [0.4, 0.5) is 11.5 Å². The molecule has 0 atom stereocenters. The molecular weight excluding hydrogens is 402 g/mol. The van der Waals surface area contributed by atoms with Crippen molar-refractivity contribution in [2.75, 3.05) is 19.5 Å². The van der Waals surface area contributed by atoms with Gasteiger partial charge >= 0.3 is 0 Å². The molecule has 0 unspecified atom stereocenters. The van der Waals surface area contributed by atoms with Gasteiger partial charge in [0, 0.05) is 34.9 Å². The standard InChI is InChI=1S/C26H21N3O3/c1-30-24-15-20-22(16-25(24)31-2)27-13-11-23(20)32-18-9-10-19-17(14-18)6-5-7-21(19)29-26-8-3-4-12-28-26/h3-16H,1-2H3,(H,28,29). The Morgan fingerprint density at radius 1 is 0.688 bits per heavy atom. The molecule has 0 fully saturated rings. The summed E-state index contributed by atoms with van der Waals surface area (Å²) in [5.74, 6) is 3.48. The van der Waals surface area contributed by atoms with Gasteiger partial charge in [-0.1, -0.05) is 18.2 Å². The van der Waals surface area contributed by atoms with Crippen LogP contribution in [-0.4, -0.2) is 24.2 Å². The number of fused-ring (bicyclic) bond motifs is 2. The summed E-state index contributed by atoms with van der Waals surface area (Å²) in [6, 6.07) is 23.5. The van der Waals surface area contributed by atoms with Crippen molar-refractivity contribution in [2.45, 2.75) is 0 Å². The van der Waals surface area contributed by atoms with Crippen LogP contribution in [0.1, 0.15) is 0 Å². The molecule has 0 bridgehead atoms. The van der Waals surface area contributed by atoms with Crippen molar-refractivity contribution in [1.29, 1.82) is 0 Å². The Balaban J connectivity index is 1.50. The topological polar surface area (TPSA) is 65.5 Å². The minimum Gasteiger partial charge on any atom is -0.493 e. The van der Waals surface area contributed by atoms with E-state index < -0.39 is 0 Å². The van der Waals surface area contributed by atoms with Crippen LogP contribution in [0.15, 0.2) is 85.2 Å². The Kier molecular flexibility index (Phi) is 5.17. The van der Waals surface area contributed by atoms with Crippen molar-refractivity contribution in [3.63, 3.8) is 0 Å². The average molecular weight is 423 g/mol. The van der Waals surface area contributed by atoms with Crippen molar-refractivity contribution in [3.05, 3.63) is 85.2 Å². The smallest absolute Gasteiger partial charge is 0.162 e. The molecule has 0 saturated heterocycles. The fraction of sp³-hybridized carbons (Fsp3) is 0.0769. The normalized spacial score (nSPS) is 10.8. The first-order valence-electron chi connectivity index (χ1n) is 10.1. The van der Waals surface area contributed by atoms with E-state index in [0.29, 0.717) is 17.2 Å². The number of rotatable bonds is 6. The Hall–Kier alpha value is -4.32. The molecule has 2 heterocycles. The fourth-order valence-corrected chi connectivity index (χ4v) is 3.67. The summed E-state index contributed by atoms with van der Waals surface area (Å²) in [6.45, 7) is 0. The summed E-state index contributed by atoms with van der Waals surface area (Å²) < 4.78 is 17.1. The molecule has 158 valence electrons. The highest BCUT2D eigenvalue weighted by atomic mass is 16.5. The maximum Gasteiger partial charge on any atom is 0.162 e. The van der Waals surface area contributed by atoms with Crippen molar-refractivity contribution in [2.24, 2.45) is 0 Å². The van der Waals surface area contributed by atoms with Gasteiger partial charge in [-0.3, -0.25) is 4.98 Å². The number of ether oxygens (including phenoxy) is 3. The predicted molar refractivity (Wildman–Crippen MR) is 126 cm³/mol. The molecule has 32 heavy (non-hydrogen) atoms. The van der Waals surface area contributed by atoms with Crippen LogP contribution < -0.4 is 19.5 Å². The summed E-state index contributed by atoms with van der Waals surface area (Å²) in [5, 5.41) is 6.36. The van der Waals surface area contributed by atoms with Gasteiger partial charge in [0.15, 0.2) is 11.5 Å². The molecule has 5 aromatic rings. The minimum absolute atomic E-state index is 0.626. The Morgan fingerprint density at radius 3 is 2.38 bits per heavy atom. The van der Waals surface area contributed by atoms with Gasteiger partial charge < -0.3 is 19.5 Å². The van der Waals surface area contributed by atoms with Crippen molar-refractivity contribution >= 4 is 33.2 Å². The number of pyridine rings is 2. The maximum absolute atomic E-state index is 6.26. The summed E-state index contributed by atoms with van der Waals surface area (Å²) in [6.07, 6.45) is 3.49. The largest absolute Gasteiger partial charge is 0.493 e. The second kappa shape index (κ2) is 8.43. The maximum atomic E-state index is 6.26. The highest BCUT2D eigenvalue weighted by molar-refractivity contribution is 5.96. The highest BCUT2D eigenvalue weighted by Crippen LogP contribution is 2.37. The van der Waals surface area contributed by atoms with Gasteiger partial charge in [-0.15, -0.1) is 0 Å². The number of benzene rings is 3. The molecule has 1 N–H and O–H groups in total. The van der Waals surface area contributed by atoms with E-state index >= 15 is 0 Å². The summed E-state index contributed by atoms with van der Waals surface area (Å²) in [5.41, 5.74) is 1.75. The van der Waals surface area contributed by atoms with Gasteiger partial charge in [0.25, 0.3) is 0 Å². The lowest BCUT2D eigenvalue weighted by molar-refractivity contribution is 0.355. The molecule has 0 saturated carbocycles. The van der Waals surface area contributed by atoms with E-state index in [1.165, 1.54) is 0 Å². The molecule has 0 aliphatic rings. The number of hydrogen-bond acceptors (Lipinski definition) is 6. The third-order valence-electron chi connectivity index (χ3n) is 5.21. The molecule has 0 spiro atoms. The van der Waals surface area contributed by atoms with E-state index in [4.69, 9.17) is 14.2 Å². The zero-order valence-electron chi connectivity index (χ0n) is 17.7. The molecule has 3 aromatic carbocycles. The second-order valence-electron chi connectivity index (χ2n) is 7.16. The Bertz CT molecular complexity index is 1400. The van der Waals surface area contributed by atoms with Crippen LogP contribution in [0, 0.1) is 0 Å². The summed E-state index contributed by atoms with van der Waals surface area (Å²) in [7, 11) is 3.22. The molecule has 0 radical (unpaired) electrons. The van der Waals surface area contributed by atoms with Gasteiger partial charge in [-0.2, -0.15) is 0 Å². The molecular formula is C26H21N3O3. The molecule has 2 aromatic heterocycles. The Labute approximate surface area is 185 Å². The van der Waals surface area contributed by atoms with E-state index in [1.54, 1.807) is 26.6 Å². The SMILES string of the molecule is COc1cc2nccc(Oc3ccc4c(Nc5ccccn5)cccc4c3)c2cc1OC. The summed E-state index contributed by atoms with van der Waals surface area (Å²) in [4.78, 5) is 8.79. The zero-order valence-corrected chi connectivity index (χ0v) is 17.7. The van der Waals surface area contributed by atoms with Crippen molar-refractivity contribution < 1.29 is 14.2 Å². The number of anilines is 2. The lowest BCUT2D eigenvalue weighted by Crippen LogP contribution is -1.94.